The van der Waals surface area contributed by atoms with Gasteiger partial charge in [-0.15, -0.1) is 0 Å². The topological polar surface area (TPSA) is 59.4 Å². The van der Waals surface area contributed by atoms with E-state index in [2.05, 4.69) is 9.97 Å². The van der Waals surface area contributed by atoms with Crippen molar-refractivity contribution in [1.29, 1.82) is 5.26 Å². The summed E-state index contributed by atoms with van der Waals surface area (Å²) in [6, 6.07) is 2.01. The normalized spacial score (nSPS) is 10.0. The third kappa shape index (κ3) is 1.17. The molecule has 0 amide bonds. The van der Waals surface area contributed by atoms with Crippen LogP contribution in [0.1, 0.15) is 12.7 Å². The first-order valence-electron chi connectivity index (χ1n) is 4.31. The van der Waals surface area contributed by atoms with Crippen LogP contribution in [0, 0.1) is 11.3 Å². The maximum atomic E-state index is 8.80. The second kappa shape index (κ2) is 3.34. The lowest BCUT2D eigenvalue weighted by Gasteiger charge is -2.04. The lowest BCUT2D eigenvalue weighted by Crippen LogP contribution is -2.06. The highest BCUT2D eigenvalue weighted by Gasteiger charge is 2.08. The van der Waals surface area contributed by atoms with Gasteiger partial charge in [-0.1, -0.05) is 0 Å². The molecule has 0 spiro atoms. The van der Waals surface area contributed by atoms with Crippen LogP contribution in [0.25, 0.3) is 5.95 Å². The Bertz CT molecular complexity index is 473. The molecule has 0 saturated heterocycles. The van der Waals surface area contributed by atoms with Crippen molar-refractivity contribution >= 4 is 0 Å². The fraction of sp³-hybridized carbons (Fsp3) is 0.222. The van der Waals surface area contributed by atoms with Gasteiger partial charge >= 0.3 is 0 Å². The molecule has 0 aliphatic rings. The molecule has 5 heteroatoms. The van der Waals surface area contributed by atoms with E-state index in [-0.39, 0.29) is 0 Å². The van der Waals surface area contributed by atoms with Gasteiger partial charge in [0.05, 0.1) is 0 Å². The van der Waals surface area contributed by atoms with Gasteiger partial charge < -0.3 is 4.57 Å². The number of hydrogen-bond donors (Lipinski definition) is 0. The number of imidazole rings is 2. The number of aryl methyl sites for hydroxylation is 1. The molecule has 0 fully saturated rings. The standard InChI is InChI=1S/C9H9N5/c1-2-13-5-3-12-9(13)14-6-4-11-8(14)7-10/h3-6H,2H2,1H3. The quantitative estimate of drug-likeness (QED) is 0.703. The summed E-state index contributed by atoms with van der Waals surface area (Å²) in [6.07, 6.45) is 6.90. The monoisotopic (exact) mass is 187 g/mol. The van der Waals surface area contributed by atoms with E-state index in [9.17, 15) is 0 Å². The predicted octanol–water partition coefficient (Wildman–Crippen LogP) is 0.960. The fourth-order valence-corrected chi connectivity index (χ4v) is 1.32. The molecule has 0 saturated carbocycles. The summed E-state index contributed by atoms with van der Waals surface area (Å²) in [4.78, 5) is 8.09. The van der Waals surface area contributed by atoms with Gasteiger partial charge in [0.15, 0.2) is 0 Å². The fourth-order valence-electron chi connectivity index (χ4n) is 1.32. The van der Waals surface area contributed by atoms with E-state index < -0.39 is 0 Å². The Labute approximate surface area is 81.3 Å². The van der Waals surface area contributed by atoms with Crippen LogP contribution < -0.4 is 0 Å². The maximum absolute atomic E-state index is 8.80. The van der Waals surface area contributed by atoms with Crippen LogP contribution in [0.2, 0.25) is 0 Å². The molecule has 0 aromatic carbocycles. The molecule has 0 aliphatic heterocycles. The molecule has 2 aromatic rings. The van der Waals surface area contributed by atoms with Crippen molar-refractivity contribution in [2.45, 2.75) is 13.5 Å². The third-order valence-corrected chi connectivity index (χ3v) is 1.99. The Kier molecular flexibility index (Phi) is 2.03. The number of aromatic nitrogens is 4. The van der Waals surface area contributed by atoms with Crippen LogP contribution in [0.5, 0.6) is 0 Å². The summed E-state index contributed by atoms with van der Waals surface area (Å²) in [6.45, 7) is 2.84. The molecular formula is C9H9N5. The SMILES string of the molecule is CCn1ccnc1-n1ccnc1C#N. The molecule has 5 nitrogen and oxygen atoms in total. The number of nitriles is 1. The zero-order valence-electron chi connectivity index (χ0n) is 7.75. The summed E-state index contributed by atoms with van der Waals surface area (Å²) >= 11 is 0. The van der Waals surface area contributed by atoms with Crippen LogP contribution in [-0.2, 0) is 6.54 Å². The summed E-state index contributed by atoms with van der Waals surface area (Å²) in [5, 5.41) is 8.80. The first-order chi connectivity index (χ1) is 6.86. The third-order valence-electron chi connectivity index (χ3n) is 1.99. The van der Waals surface area contributed by atoms with Crippen LogP contribution >= 0.6 is 0 Å². The molecule has 2 rings (SSSR count). The van der Waals surface area contributed by atoms with Crippen molar-refractivity contribution in [2.24, 2.45) is 0 Å². The van der Waals surface area contributed by atoms with Crippen molar-refractivity contribution in [3.05, 3.63) is 30.6 Å². The van der Waals surface area contributed by atoms with E-state index in [4.69, 9.17) is 5.26 Å². The summed E-state index contributed by atoms with van der Waals surface area (Å²) in [5.41, 5.74) is 0. The smallest absolute Gasteiger partial charge is 0.219 e. The Hall–Kier alpha value is -2.09. The van der Waals surface area contributed by atoms with Gasteiger partial charge in [-0.25, -0.2) is 9.97 Å². The lowest BCUT2D eigenvalue weighted by molar-refractivity contribution is 0.716. The van der Waals surface area contributed by atoms with Crippen LogP contribution in [0.15, 0.2) is 24.8 Å². The first-order valence-corrected chi connectivity index (χ1v) is 4.31. The van der Waals surface area contributed by atoms with Crippen LogP contribution in [0.4, 0.5) is 0 Å². The molecule has 0 N–H and O–H groups in total. The van der Waals surface area contributed by atoms with E-state index in [0.717, 1.165) is 12.5 Å². The average molecular weight is 187 g/mol. The van der Waals surface area contributed by atoms with Gasteiger partial charge in [0.2, 0.25) is 11.8 Å². The van der Waals surface area contributed by atoms with Crippen molar-refractivity contribution in [3.63, 3.8) is 0 Å². The molecule has 0 atom stereocenters. The molecule has 0 radical (unpaired) electrons. The zero-order chi connectivity index (χ0) is 9.97. The van der Waals surface area contributed by atoms with Crippen molar-refractivity contribution in [1.82, 2.24) is 19.1 Å². The second-order valence-electron chi connectivity index (χ2n) is 2.75. The highest BCUT2D eigenvalue weighted by atomic mass is 15.2. The molecule has 14 heavy (non-hydrogen) atoms. The Balaban J connectivity index is 2.55. The molecular weight excluding hydrogens is 178 g/mol. The maximum Gasteiger partial charge on any atom is 0.219 e. The Morgan fingerprint density at radius 3 is 2.86 bits per heavy atom. The average Bonchev–Trinajstić information content (AvgIpc) is 2.85. The van der Waals surface area contributed by atoms with Gasteiger partial charge in [0, 0.05) is 31.3 Å². The Morgan fingerprint density at radius 1 is 1.36 bits per heavy atom. The molecule has 2 heterocycles. The highest BCUT2D eigenvalue weighted by molar-refractivity contribution is 5.24. The van der Waals surface area contributed by atoms with Gasteiger partial charge in [-0.2, -0.15) is 5.26 Å². The molecule has 0 aliphatic carbocycles. The van der Waals surface area contributed by atoms with Crippen LogP contribution in [0.3, 0.4) is 0 Å². The first kappa shape index (κ1) is 8.51. The van der Waals surface area contributed by atoms with Crippen molar-refractivity contribution < 1.29 is 0 Å². The number of rotatable bonds is 2. The molecule has 0 unspecified atom stereocenters. The summed E-state index contributed by atoms with van der Waals surface area (Å²) in [5.74, 6) is 1.08. The predicted molar refractivity (Wildman–Crippen MR) is 49.7 cm³/mol. The molecule has 0 bridgehead atoms. The lowest BCUT2D eigenvalue weighted by atomic mass is 10.6. The van der Waals surface area contributed by atoms with Gasteiger partial charge in [-0.3, -0.25) is 4.57 Å². The zero-order valence-corrected chi connectivity index (χ0v) is 7.75. The minimum atomic E-state index is 0.353. The van der Waals surface area contributed by atoms with E-state index in [0.29, 0.717) is 5.82 Å². The summed E-state index contributed by atoms with van der Waals surface area (Å²) < 4.78 is 3.62. The Morgan fingerprint density at radius 2 is 2.14 bits per heavy atom. The van der Waals surface area contributed by atoms with E-state index >= 15 is 0 Å². The van der Waals surface area contributed by atoms with Crippen molar-refractivity contribution in [3.8, 4) is 12.0 Å². The number of hydrogen-bond acceptors (Lipinski definition) is 3. The minimum Gasteiger partial charge on any atom is -0.317 e. The van der Waals surface area contributed by atoms with Crippen molar-refractivity contribution in [2.75, 3.05) is 0 Å². The molecule has 70 valence electrons. The van der Waals surface area contributed by atoms with Gasteiger partial charge in [0.1, 0.15) is 6.07 Å². The largest absolute Gasteiger partial charge is 0.317 e. The highest BCUT2D eigenvalue weighted by Crippen LogP contribution is 2.07. The minimum absolute atomic E-state index is 0.353. The molecule has 2 aromatic heterocycles. The summed E-state index contributed by atoms with van der Waals surface area (Å²) in [7, 11) is 0. The van der Waals surface area contributed by atoms with Crippen LogP contribution in [-0.4, -0.2) is 19.1 Å². The second-order valence-corrected chi connectivity index (χ2v) is 2.75. The van der Waals surface area contributed by atoms with Gasteiger partial charge in [0.25, 0.3) is 0 Å². The van der Waals surface area contributed by atoms with E-state index in [1.165, 1.54) is 0 Å². The van der Waals surface area contributed by atoms with Gasteiger partial charge in [-0.05, 0) is 6.92 Å². The number of nitrogens with zero attached hydrogens (tertiary/aromatic N) is 5. The van der Waals surface area contributed by atoms with E-state index in [1.807, 2.05) is 23.8 Å². The van der Waals surface area contributed by atoms with E-state index in [1.54, 1.807) is 23.2 Å².